The first kappa shape index (κ1) is 14.5. The lowest BCUT2D eigenvalue weighted by molar-refractivity contribution is 0.0959. The molecular formula is C17H17N3OS. The summed E-state index contributed by atoms with van der Waals surface area (Å²) in [5.74, 6) is -0.130. The third kappa shape index (κ3) is 2.94. The van der Waals surface area contributed by atoms with Crippen molar-refractivity contribution in [1.29, 1.82) is 0 Å². The smallest absolute Gasteiger partial charge is 0.263 e. The maximum absolute atomic E-state index is 12.3. The number of nitrogens with one attached hydrogen (secondary N) is 1. The van der Waals surface area contributed by atoms with Gasteiger partial charge in [-0.2, -0.15) is 0 Å². The van der Waals surface area contributed by atoms with E-state index in [0.717, 1.165) is 22.3 Å². The van der Waals surface area contributed by atoms with E-state index in [1.54, 1.807) is 0 Å². The van der Waals surface area contributed by atoms with Gasteiger partial charge in [0.15, 0.2) is 0 Å². The first-order valence-corrected chi connectivity index (χ1v) is 7.94. The third-order valence-corrected chi connectivity index (χ3v) is 4.60. The van der Waals surface area contributed by atoms with E-state index >= 15 is 0 Å². The number of benzene rings is 1. The Morgan fingerprint density at radius 1 is 1.23 bits per heavy atom. The first-order valence-electron chi connectivity index (χ1n) is 7.13. The molecule has 0 saturated carbocycles. The van der Waals surface area contributed by atoms with Crippen LogP contribution in [0.1, 0.15) is 20.9 Å². The molecule has 3 rings (SSSR count). The first-order chi connectivity index (χ1) is 10.6. The van der Waals surface area contributed by atoms with Gasteiger partial charge in [-0.15, -0.1) is 11.3 Å². The fourth-order valence-electron chi connectivity index (χ4n) is 2.30. The number of fused-ring (bicyclic) bond motifs is 1. The van der Waals surface area contributed by atoms with Crippen LogP contribution in [0.25, 0.3) is 10.2 Å². The average Bonchev–Trinajstić information content (AvgIpc) is 2.84. The number of carbonyl (C=O) groups is 1. The van der Waals surface area contributed by atoms with Crippen molar-refractivity contribution in [2.45, 2.75) is 13.3 Å². The molecule has 2 aromatic heterocycles. The highest BCUT2D eigenvalue weighted by Gasteiger charge is 2.16. The van der Waals surface area contributed by atoms with Crippen molar-refractivity contribution in [1.82, 2.24) is 10.3 Å². The van der Waals surface area contributed by atoms with Crippen LogP contribution in [0.15, 0.2) is 42.5 Å². The Labute approximate surface area is 133 Å². The van der Waals surface area contributed by atoms with Crippen LogP contribution in [0.5, 0.6) is 0 Å². The van der Waals surface area contributed by atoms with Gasteiger partial charge in [0.1, 0.15) is 9.71 Å². The van der Waals surface area contributed by atoms with Crippen LogP contribution in [0.3, 0.4) is 0 Å². The second-order valence-corrected chi connectivity index (χ2v) is 6.14. The zero-order valence-corrected chi connectivity index (χ0v) is 13.1. The molecule has 0 saturated heterocycles. The van der Waals surface area contributed by atoms with Crippen LogP contribution < -0.4 is 11.1 Å². The molecule has 0 spiro atoms. The molecule has 0 unspecified atom stereocenters. The molecule has 0 bridgehead atoms. The number of nitrogens with two attached hydrogens (primary N) is 1. The van der Waals surface area contributed by atoms with Gasteiger partial charge >= 0.3 is 0 Å². The molecule has 0 radical (unpaired) electrons. The molecule has 5 heteroatoms. The molecule has 1 amide bonds. The van der Waals surface area contributed by atoms with E-state index in [1.807, 2.05) is 49.4 Å². The number of aryl methyl sites for hydroxylation is 1. The number of carbonyl (C=O) groups excluding carboxylic acids is 1. The molecule has 112 valence electrons. The Bertz CT molecular complexity index is 811. The summed E-state index contributed by atoms with van der Waals surface area (Å²) in [5.41, 5.74) is 8.72. The van der Waals surface area contributed by atoms with E-state index in [-0.39, 0.29) is 5.91 Å². The van der Waals surface area contributed by atoms with Crippen molar-refractivity contribution in [3.63, 3.8) is 0 Å². The molecule has 1 aromatic carbocycles. The van der Waals surface area contributed by atoms with Crippen molar-refractivity contribution >= 4 is 33.1 Å². The normalized spacial score (nSPS) is 10.8. The Morgan fingerprint density at radius 3 is 2.77 bits per heavy atom. The Balaban J connectivity index is 1.71. The molecule has 0 fully saturated rings. The highest BCUT2D eigenvalue weighted by Crippen LogP contribution is 2.32. The minimum absolute atomic E-state index is 0.130. The van der Waals surface area contributed by atoms with Gasteiger partial charge in [-0.1, -0.05) is 30.3 Å². The van der Waals surface area contributed by atoms with Crippen molar-refractivity contribution in [3.8, 4) is 0 Å². The highest BCUT2D eigenvalue weighted by atomic mass is 32.1. The Kier molecular flexibility index (Phi) is 4.06. The molecule has 0 aliphatic carbocycles. The SMILES string of the molecule is Cc1ccc2c(N)c(C(=O)NCCc3ccccc3)sc2n1. The number of rotatable bonds is 4. The van der Waals surface area contributed by atoms with Crippen LogP contribution in [-0.2, 0) is 6.42 Å². The van der Waals surface area contributed by atoms with Crippen molar-refractivity contribution in [2.24, 2.45) is 0 Å². The number of hydrogen-bond donors (Lipinski definition) is 2. The monoisotopic (exact) mass is 311 g/mol. The minimum atomic E-state index is -0.130. The molecule has 22 heavy (non-hydrogen) atoms. The Morgan fingerprint density at radius 2 is 2.00 bits per heavy atom. The lowest BCUT2D eigenvalue weighted by Crippen LogP contribution is -2.25. The standard InChI is InChI=1S/C17H17N3OS/c1-11-7-8-13-14(18)15(22-17(13)20-11)16(21)19-10-9-12-5-3-2-4-6-12/h2-8H,9-10,18H2,1H3,(H,19,21). The number of nitrogens with zero attached hydrogens (tertiary/aromatic N) is 1. The summed E-state index contributed by atoms with van der Waals surface area (Å²) in [4.78, 5) is 18.1. The van der Waals surface area contributed by atoms with Crippen LogP contribution in [0.4, 0.5) is 5.69 Å². The van der Waals surface area contributed by atoms with Crippen LogP contribution in [0.2, 0.25) is 0 Å². The van der Waals surface area contributed by atoms with Crippen LogP contribution >= 0.6 is 11.3 Å². The number of amides is 1. The van der Waals surface area contributed by atoms with Gasteiger partial charge in [-0.25, -0.2) is 4.98 Å². The molecule has 0 aliphatic rings. The lowest BCUT2D eigenvalue weighted by atomic mass is 10.1. The quantitative estimate of drug-likeness (QED) is 0.777. The van der Waals surface area contributed by atoms with Gasteiger partial charge < -0.3 is 11.1 Å². The number of nitrogen functional groups attached to an aromatic ring is 1. The van der Waals surface area contributed by atoms with Gasteiger partial charge in [0.05, 0.1) is 5.69 Å². The van der Waals surface area contributed by atoms with E-state index < -0.39 is 0 Å². The average molecular weight is 311 g/mol. The van der Waals surface area contributed by atoms with Gasteiger partial charge in [0.25, 0.3) is 5.91 Å². The summed E-state index contributed by atoms with van der Waals surface area (Å²) in [7, 11) is 0. The molecule has 3 aromatic rings. The summed E-state index contributed by atoms with van der Waals surface area (Å²) in [5, 5.41) is 3.78. The molecular weight excluding hydrogens is 294 g/mol. The van der Waals surface area contributed by atoms with Gasteiger partial charge in [-0.3, -0.25) is 4.79 Å². The van der Waals surface area contributed by atoms with E-state index in [9.17, 15) is 4.79 Å². The molecule has 2 heterocycles. The third-order valence-electron chi connectivity index (χ3n) is 3.48. The second-order valence-electron chi connectivity index (χ2n) is 5.14. The fraction of sp³-hybridized carbons (Fsp3) is 0.176. The second kappa shape index (κ2) is 6.15. The summed E-state index contributed by atoms with van der Waals surface area (Å²) in [6, 6.07) is 13.9. The lowest BCUT2D eigenvalue weighted by Gasteiger charge is -2.04. The van der Waals surface area contributed by atoms with Crippen LogP contribution in [0, 0.1) is 6.92 Å². The summed E-state index contributed by atoms with van der Waals surface area (Å²) in [6.07, 6.45) is 0.800. The van der Waals surface area contributed by atoms with Crippen molar-refractivity contribution in [2.75, 3.05) is 12.3 Å². The minimum Gasteiger partial charge on any atom is -0.397 e. The number of hydrogen-bond acceptors (Lipinski definition) is 4. The zero-order chi connectivity index (χ0) is 15.5. The predicted molar refractivity (Wildman–Crippen MR) is 91.2 cm³/mol. The Hall–Kier alpha value is -2.40. The fourth-order valence-corrected chi connectivity index (χ4v) is 3.36. The van der Waals surface area contributed by atoms with Crippen molar-refractivity contribution < 1.29 is 4.79 Å². The van der Waals surface area contributed by atoms with Crippen molar-refractivity contribution in [3.05, 3.63) is 58.6 Å². The highest BCUT2D eigenvalue weighted by molar-refractivity contribution is 7.21. The maximum Gasteiger partial charge on any atom is 0.263 e. The number of aromatic nitrogens is 1. The van der Waals surface area contributed by atoms with Gasteiger partial charge in [0.2, 0.25) is 0 Å². The summed E-state index contributed by atoms with van der Waals surface area (Å²) in [6.45, 7) is 2.51. The summed E-state index contributed by atoms with van der Waals surface area (Å²) >= 11 is 1.34. The molecule has 0 atom stereocenters. The number of anilines is 1. The zero-order valence-electron chi connectivity index (χ0n) is 12.3. The number of pyridine rings is 1. The molecule has 0 aliphatic heterocycles. The predicted octanol–water partition coefficient (Wildman–Crippen LogP) is 3.16. The van der Waals surface area contributed by atoms with E-state index in [2.05, 4.69) is 10.3 Å². The van der Waals surface area contributed by atoms with E-state index in [1.165, 1.54) is 16.9 Å². The largest absolute Gasteiger partial charge is 0.397 e. The molecule has 4 nitrogen and oxygen atoms in total. The molecule has 3 N–H and O–H groups in total. The van der Waals surface area contributed by atoms with E-state index in [0.29, 0.717) is 17.1 Å². The van der Waals surface area contributed by atoms with E-state index in [4.69, 9.17) is 5.73 Å². The topological polar surface area (TPSA) is 68.0 Å². The number of thiophene rings is 1. The van der Waals surface area contributed by atoms with Gasteiger partial charge in [0, 0.05) is 17.6 Å². The maximum atomic E-state index is 12.3. The van der Waals surface area contributed by atoms with Gasteiger partial charge in [-0.05, 0) is 31.0 Å². The van der Waals surface area contributed by atoms with Crippen LogP contribution in [-0.4, -0.2) is 17.4 Å². The summed E-state index contributed by atoms with van der Waals surface area (Å²) < 4.78 is 0.